The second-order valence-electron chi connectivity index (χ2n) is 13.7. The van der Waals surface area contributed by atoms with Crippen LogP contribution in [-0.4, -0.2) is 46.9 Å². The summed E-state index contributed by atoms with van der Waals surface area (Å²) >= 11 is 0. The smallest absolute Gasteiger partial charge is 0.410 e. The molecule has 48 heavy (non-hydrogen) atoms. The maximum absolute atomic E-state index is 13.5. The summed E-state index contributed by atoms with van der Waals surface area (Å²) in [5.74, 6) is 1.15. The van der Waals surface area contributed by atoms with Gasteiger partial charge in [-0.3, -0.25) is 4.79 Å². The van der Waals surface area contributed by atoms with Gasteiger partial charge in [0, 0.05) is 5.39 Å². The SMILES string of the molecule is Cc1ccc(C(NC(=O)Cc2ccc3oc(C(OC4CN(C(=O)OC(C)(C)C)C4)c4c(C)noc4C)cc3c2)c2ccccc2)c(C)c1. The molecule has 1 saturated heterocycles. The zero-order valence-electron chi connectivity index (χ0n) is 28.6. The Labute approximate surface area is 281 Å². The number of hydrogen-bond acceptors (Lipinski definition) is 7. The molecule has 250 valence electrons. The number of carbonyl (C=O) groups is 2. The molecule has 9 nitrogen and oxygen atoms in total. The van der Waals surface area contributed by atoms with Crippen molar-refractivity contribution in [3.05, 3.63) is 123 Å². The van der Waals surface area contributed by atoms with E-state index < -0.39 is 11.7 Å². The van der Waals surface area contributed by atoms with E-state index in [0.29, 0.717) is 35.9 Å². The van der Waals surface area contributed by atoms with Gasteiger partial charge < -0.3 is 28.6 Å². The summed E-state index contributed by atoms with van der Waals surface area (Å²) in [4.78, 5) is 27.7. The summed E-state index contributed by atoms with van der Waals surface area (Å²) in [7, 11) is 0. The zero-order chi connectivity index (χ0) is 34.2. The fraction of sp³-hybridized carbons (Fsp3) is 0.359. The Morgan fingerprint density at radius 1 is 0.979 bits per heavy atom. The predicted octanol–water partition coefficient (Wildman–Crippen LogP) is 7.83. The third kappa shape index (κ3) is 7.31. The molecule has 3 heterocycles. The largest absolute Gasteiger partial charge is 0.458 e. The van der Waals surface area contributed by atoms with Crippen LogP contribution in [0.15, 0.2) is 81.7 Å². The minimum Gasteiger partial charge on any atom is -0.458 e. The maximum Gasteiger partial charge on any atom is 0.410 e. The van der Waals surface area contributed by atoms with Crippen LogP contribution in [0.3, 0.4) is 0 Å². The molecule has 1 N–H and O–H groups in total. The number of furan rings is 1. The summed E-state index contributed by atoms with van der Waals surface area (Å²) in [6.45, 7) is 14.2. The Morgan fingerprint density at radius 2 is 1.73 bits per heavy atom. The Bertz CT molecular complexity index is 1910. The number of benzene rings is 3. The van der Waals surface area contributed by atoms with Crippen LogP contribution in [-0.2, 0) is 20.7 Å². The average Bonchev–Trinajstić information content (AvgIpc) is 3.57. The number of likely N-dealkylation sites (tertiary alicyclic amines) is 1. The van der Waals surface area contributed by atoms with Gasteiger partial charge in [0.1, 0.15) is 28.8 Å². The summed E-state index contributed by atoms with van der Waals surface area (Å²) < 4.78 is 23.9. The van der Waals surface area contributed by atoms with Crippen molar-refractivity contribution in [2.24, 2.45) is 0 Å². The van der Waals surface area contributed by atoms with Crippen molar-refractivity contribution in [3.63, 3.8) is 0 Å². The van der Waals surface area contributed by atoms with E-state index in [2.05, 4.69) is 42.5 Å². The lowest BCUT2D eigenvalue weighted by molar-refractivity contribution is -0.120. The van der Waals surface area contributed by atoms with E-state index in [1.54, 1.807) is 4.90 Å². The van der Waals surface area contributed by atoms with Crippen LogP contribution in [0, 0.1) is 27.7 Å². The number of hydrogen-bond donors (Lipinski definition) is 1. The molecule has 1 fully saturated rings. The molecule has 9 heteroatoms. The van der Waals surface area contributed by atoms with E-state index in [4.69, 9.17) is 18.4 Å². The van der Waals surface area contributed by atoms with Gasteiger partial charge in [0.15, 0.2) is 0 Å². The summed E-state index contributed by atoms with van der Waals surface area (Å²) in [5, 5.41) is 8.29. The highest BCUT2D eigenvalue weighted by Crippen LogP contribution is 2.37. The van der Waals surface area contributed by atoms with Gasteiger partial charge in [-0.15, -0.1) is 0 Å². The highest BCUT2D eigenvalue weighted by Gasteiger charge is 2.38. The van der Waals surface area contributed by atoms with Gasteiger partial charge in [0.05, 0.1) is 42.9 Å². The van der Waals surface area contributed by atoms with E-state index in [1.165, 1.54) is 5.56 Å². The molecule has 0 bridgehead atoms. The van der Waals surface area contributed by atoms with E-state index in [0.717, 1.165) is 33.2 Å². The molecule has 6 rings (SSSR count). The highest BCUT2D eigenvalue weighted by molar-refractivity contribution is 5.83. The second kappa shape index (κ2) is 13.3. The van der Waals surface area contributed by atoms with Crippen molar-refractivity contribution in [1.29, 1.82) is 0 Å². The van der Waals surface area contributed by atoms with Crippen molar-refractivity contribution in [2.45, 2.75) is 78.7 Å². The third-order valence-corrected chi connectivity index (χ3v) is 8.58. The monoisotopic (exact) mass is 649 g/mol. The summed E-state index contributed by atoms with van der Waals surface area (Å²) in [6, 6.07) is 23.8. The molecule has 0 spiro atoms. The van der Waals surface area contributed by atoms with Crippen LogP contribution < -0.4 is 5.32 Å². The molecule has 2 aromatic heterocycles. The number of rotatable bonds is 9. The molecule has 3 aromatic carbocycles. The molecule has 2 atom stereocenters. The lowest BCUT2D eigenvalue weighted by Gasteiger charge is -2.40. The van der Waals surface area contributed by atoms with Crippen LogP contribution in [0.5, 0.6) is 0 Å². The first-order chi connectivity index (χ1) is 22.8. The standard InChI is InChI=1S/C39H43N3O6/c1-23-13-15-31(24(2)17-23)36(28-11-9-8-10-12-28)40-34(43)19-27-14-16-32-29(18-27)20-33(46-32)37(35-25(3)41-48-26(35)4)45-30-21-42(22-30)38(44)47-39(5,6)7/h8-18,20,30,36-37H,19,21-22H2,1-7H3,(H,40,43). The van der Waals surface area contributed by atoms with Gasteiger partial charge in [0.2, 0.25) is 5.91 Å². The zero-order valence-corrected chi connectivity index (χ0v) is 28.6. The maximum atomic E-state index is 13.5. The van der Waals surface area contributed by atoms with Crippen molar-refractivity contribution < 1.29 is 28.0 Å². The number of nitrogens with zero attached hydrogens (tertiary/aromatic N) is 2. The fourth-order valence-corrected chi connectivity index (χ4v) is 6.22. The minimum atomic E-state index is -0.592. The predicted molar refractivity (Wildman–Crippen MR) is 183 cm³/mol. The molecule has 2 amide bonds. The number of ether oxygens (including phenoxy) is 2. The third-order valence-electron chi connectivity index (χ3n) is 8.58. The molecule has 1 aliphatic rings. The van der Waals surface area contributed by atoms with Crippen molar-refractivity contribution in [2.75, 3.05) is 13.1 Å². The van der Waals surface area contributed by atoms with E-state index in [-0.39, 0.29) is 30.6 Å². The number of aryl methyl sites for hydroxylation is 4. The molecule has 0 radical (unpaired) electrons. The Kier molecular flexibility index (Phi) is 9.16. The van der Waals surface area contributed by atoms with Gasteiger partial charge in [-0.2, -0.15) is 0 Å². The van der Waals surface area contributed by atoms with Crippen LogP contribution >= 0.6 is 0 Å². The van der Waals surface area contributed by atoms with E-state index >= 15 is 0 Å². The first kappa shape index (κ1) is 33.0. The van der Waals surface area contributed by atoms with Crippen LogP contribution in [0.2, 0.25) is 0 Å². The van der Waals surface area contributed by atoms with Crippen molar-refractivity contribution in [3.8, 4) is 0 Å². The number of fused-ring (bicyclic) bond motifs is 1. The number of nitrogens with one attached hydrogen (secondary N) is 1. The molecular formula is C39H43N3O6. The summed E-state index contributed by atoms with van der Waals surface area (Å²) in [5.41, 5.74) is 6.88. The lowest BCUT2D eigenvalue weighted by Crippen LogP contribution is -2.56. The Hall–Kier alpha value is -4.89. The minimum absolute atomic E-state index is 0.0802. The number of amides is 2. The van der Waals surface area contributed by atoms with Crippen molar-refractivity contribution in [1.82, 2.24) is 15.4 Å². The van der Waals surface area contributed by atoms with Gasteiger partial charge in [-0.1, -0.05) is 65.3 Å². The topological polar surface area (TPSA) is 107 Å². The molecule has 1 aliphatic heterocycles. The molecular weight excluding hydrogens is 606 g/mol. The molecule has 2 unspecified atom stereocenters. The Morgan fingerprint density at radius 3 is 2.40 bits per heavy atom. The normalized spacial score (nSPS) is 14.9. The van der Waals surface area contributed by atoms with Gasteiger partial charge in [0.25, 0.3) is 0 Å². The second-order valence-corrected chi connectivity index (χ2v) is 13.7. The average molecular weight is 650 g/mol. The first-order valence-corrected chi connectivity index (χ1v) is 16.3. The Balaban J connectivity index is 1.20. The highest BCUT2D eigenvalue weighted by atomic mass is 16.6. The molecule has 5 aromatic rings. The van der Waals surface area contributed by atoms with Gasteiger partial charge in [-0.25, -0.2) is 4.79 Å². The number of carbonyl (C=O) groups excluding carboxylic acids is 2. The van der Waals surface area contributed by atoms with Gasteiger partial charge >= 0.3 is 6.09 Å². The first-order valence-electron chi connectivity index (χ1n) is 16.3. The molecule has 0 saturated carbocycles. The van der Waals surface area contributed by atoms with Gasteiger partial charge in [-0.05, 0) is 88.9 Å². The molecule has 0 aliphatic carbocycles. The van der Waals surface area contributed by atoms with Crippen LogP contribution in [0.25, 0.3) is 11.0 Å². The summed E-state index contributed by atoms with van der Waals surface area (Å²) in [6.07, 6.45) is -0.971. The van der Waals surface area contributed by atoms with E-state index in [1.807, 2.05) is 89.2 Å². The van der Waals surface area contributed by atoms with Crippen LogP contribution in [0.1, 0.15) is 83.5 Å². The number of aromatic nitrogens is 1. The van der Waals surface area contributed by atoms with Crippen molar-refractivity contribution >= 4 is 23.0 Å². The fourth-order valence-electron chi connectivity index (χ4n) is 6.22. The van der Waals surface area contributed by atoms with E-state index in [9.17, 15) is 9.59 Å². The lowest BCUT2D eigenvalue weighted by atomic mass is 9.93. The quantitative estimate of drug-likeness (QED) is 0.173. The van der Waals surface area contributed by atoms with Crippen LogP contribution in [0.4, 0.5) is 4.79 Å².